The maximum absolute atomic E-state index is 12.5. The van der Waals surface area contributed by atoms with E-state index in [1.54, 1.807) is 0 Å². The molecule has 0 radical (unpaired) electrons. The summed E-state index contributed by atoms with van der Waals surface area (Å²) in [5.41, 5.74) is -0.789. The number of nitrogens with zero attached hydrogens (tertiary/aromatic N) is 1. The van der Waals surface area contributed by atoms with Gasteiger partial charge in [0.2, 0.25) is 10.0 Å². The molecule has 0 aliphatic rings. The molecule has 0 spiro atoms. The highest BCUT2D eigenvalue weighted by Crippen LogP contribution is 2.27. The average molecular weight is 326 g/mol. The van der Waals surface area contributed by atoms with Gasteiger partial charge in [-0.05, 0) is 25.1 Å². The van der Waals surface area contributed by atoms with Crippen LogP contribution in [0.4, 0.5) is 18.9 Å². The molecule has 0 saturated heterocycles. The molecule has 0 aliphatic carbocycles. The molecule has 21 heavy (non-hydrogen) atoms. The topological polar surface area (TPSA) is 101 Å². The van der Waals surface area contributed by atoms with E-state index in [2.05, 4.69) is 0 Å². The van der Waals surface area contributed by atoms with Gasteiger partial charge in [0.15, 0.2) is 0 Å². The number of primary sulfonamides is 1. The number of carboxylic acid groups (broad SMARTS) is 1. The van der Waals surface area contributed by atoms with E-state index < -0.39 is 39.2 Å². The van der Waals surface area contributed by atoms with E-state index in [4.69, 9.17) is 10.2 Å². The third kappa shape index (κ3) is 4.60. The van der Waals surface area contributed by atoms with Crippen LogP contribution in [0.3, 0.4) is 0 Å². The van der Waals surface area contributed by atoms with Crippen molar-refractivity contribution in [3.8, 4) is 0 Å². The second-order valence-corrected chi connectivity index (χ2v) is 5.72. The zero-order valence-electron chi connectivity index (χ0n) is 10.9. The highest BCUT2D eigenvalue weighted by molar-refractivity contribution is 7.89. The number of hydrogen-bond acceptors (Lipinski definition) is 4. The fourth-order valence-corrected chi connectivity index (χ4v) is 2.26. The number of benzene rings is 1. The number of anilines is 1. The number of hydrogen-bond donors (Lipinski definition) is 2. The van der Waals surface area contributed by atoms with Crippen molar-refractivity contribution >= 4 is 21.7 Å². The Bertz CT molecular complexity index is 643. The number of aromatic carboxylic acids is 1. The fraction of sp³-hybridized carbons (Fsp3) is 0.364. The van der Waals surface area contributed by atoms with Crippen molar-refractivity contribution in [2.24, 2.45) is 5.14 Å². The van der Waals surface area contributed by atoms with Gasteiger partial charge in [0.25, 0.3) is 0 Å². The van der Waals surface area contributed by atoms with E-state index in [0.29, 0.717) is 0 Å². The molecule has 0 bridgehead atoms. The Kier molecular flexibility index (Phi) is 4.84. The fourth-order valence-electron chi connectivity index (χ4n) is 1.72. The number of nitrogens with two attached hydrogens (primary N) is 1. The van der Waals surface area contributed by atoms with Crippen LogP contribution in [0.25, 0.3) is 0 Å². The first-order valence-corrected chi connectivity index (χ1v) is 7.22. The summed E-state index contributed by atoms with van der Waals surface area (Å²) in [5, 5.41) is 13.9. The van der Waals surface area contributed by atoms with E-state index in [0.717, 1.165) is 23.1 Å². The van der Waals surface area contributed by atoms with Crippen molar-refractivity contribution in [2.75, 3.05) is 18.0 Å². The number of carboxylic acids is 1. The summed E-state index contributed by atoms with van der Waals surface area (Å²) in [6.45, 7) is -0.0298. The maximum atomic E-state index is 12.5. The first-order valence-electron chi connectivity index (χ1n) is 5.67. The summed E-state index contributed by atoms with van der Waals surface area (Å²) in [6.07, 6.45) is -4.52. The second-order valence-electron chi connectivity index (χ2n) is 4.16. The third-order valence-corrected chi connectivity index (χ3v) is 3.53. The Labute approximate surface area is 119 Å². The molecular weight excluding hydrogens is 313 g/mol. The Morgan fingerprint density at radius 3 is 2.33 bits per heavy atom. The van der Waals surface area contributed by atoms with Crippen LogP contribution in [-0.2, 0) is 10.0 Å². The Morgan fingerprint density at radius 2 is 1.95 bits per heavy atom. The second kappa shape index (κ2) is 5.90. The van der Waals surface area contributed by atoms with Crippen LogP contribution >= 0.6 is 0 Å². The van der Waals surface area contributed by atoms with Gasteiger partial charge in [-0.2, -0.15) is 13.2 Å². The van der Waals surface area contributed by atoms with E-state index in [-0.39, 0.29) is 12.2 Å². The lowest BCUT2D eigenvalue weighted by molar-refractivity contribution is -0.119. The van der Waals surface area contributed by atoms with Gasteiger partial charge < -0.3 is 10.0 Å². The number of halogens is 3. The molecule has 0 aliphatic heterocycles. The van der Waals surface area contributed by atoms with Crippen LogP contribution in [0.15, 0.2) is 23.1 Å². The summed E-state index contributed by atoms with van der Waals surface area (Å²) in [6, 6.07) is 2.71. The monoisotopic (exact) mass is 326 g/mol. The highest BCUT2D eigenvalue weighted by Gasteiger charge is 2.32. The SMILES string of the molecule is CCN(CC(F)(F)F)c1ccc(S(N)(=O)=O)cc1C(=O)O. The molecule has 1 aromatic carbocycles. The zero-order valence-corrected chi connectivity index (χ0v) is 11.7. The minimum atomic E-state index is -4.52. The molecule has 0 unspecified atom stereocenters. The van der Waals surface area contributed by atoms with Gasteiger partial charge in [-0.1, -0.05) is 0 Å². The predicted molar refractivity (Wildman–Crippen MR) is 68.7 cm³/mol. The van der Waals surface area contributed by atoms with Crippen molar-refractivity contribution < 1.29 is 31.5 Å². The molecule has 0 fully saturated rings. The normalized spacial score (nSPS) is 12.2. The molecule has 10 heteroatoms. The van der Waals surface area contributed by atoms with E-state index in [9.17, 15) is 26.4 Å². The Balaban J connectivity index is 3.38. The van der Waals surface area contributed by atoms with Crippen molar-refractivity contribution in [2.45, 2.75) is 18.0 Å². The van der Waals surface area contributed by atoms with Crippen molar-refractivity contribution in [1.82, 2.24) is 0 Å². The van der Waals surface area contributed by atoms with E-state index >= 15 is 0 Å². The molecule has 0 aromatic heterocycles. The lowest BCUT2D eigenvalue weighted by atomic mass is 10.1. The molecule has 1 aromatic rings. The molecule has 0 heterocycles. The first-order chi connectivity index (χ1) is 9.45. The molecule has 0 saturated carbocycles. The largest absolute Gasteiger partial charge is 0.478 e. The minimum Gasteiger partial charge on any atom is -0.478 e. The van der Waals surface area contributed by atoms with Crippen LogP contribution in [0, 0.1) is 0 Å². The standard InChI is InChI=1S/C11H13F3N2O4S/c1-2-16(6-11(12,13)14)9-4-3-7(21(15,19)20)5-8(9)10(17)18/h3-5H,2,6H2,1H3,(H,17,18)(H2,15,19,20). The lowest BCUT2D eigenvalue weighted by Crippen LogP contribution is -2.35. The smallest absolute Gasteiger partial charge is 0.405 e. The van der Waals surface area contributed by atoms with E-state index in [1.165, 1.54) is 6.92 Å². The van der Waals surface area contributed by atoms with Crippen LogP contribution in [0.2, 0.25) is 0 Å². The van der Waals surface area contributed by atoms with Crippen LogP contribution in [0.5, 0.6) is 0 Å². The van der Waals surface area contributed by atoms with Gasteiger partial charge in [-0.3, -0.25) is 0 Å². The molecular formula is C11H13F3N2O4S. The zero-order chi connectivity index (χ0) is 16.4. The van der Waals surface area contributed by atoms with Gasteiger partial charge in [0, 0.05) is 6.54 Å². The number of sulfonamides is 1. The van der Waals surface area contributed by atoms with Crippen molar-refractivity contribution in [3.63, 3.8) is 0 Å². The van der Waals surface area contributed by atoms with Crippen molar-refractivity contribution in [1.29, 1.82) is 0 Å². The number of rotatable bonds is 5. The number of alkyl halides is 3. The quantitative estimate of drug-likeness (QED) is 0.852. The molecule has 3 N–H and O–H groups in total. The Morgan fingerprint density at radius 1 is 1.38 bits per heavy atom. The molecule has 0 atom stereocenters. The third-order valence-electron chi connectivity index (χ3n) is 2.62. The van der Waals surface area contributed by atoms with E-state index in [1.807, 2.05) is 0 Å². The van der Waals surface area contributed by atoms with Crippen molar-refractivity contribution in [3.05, 3.63) is 23.8 Å². The minimum absolute atomic E-state index is 0.103. The molecule has 118 valence electrons. The average Bonchev–Trinajstić information content (AvgIpc) is 2.33. The van der Waals surface area contributed by atoms with Gasteiger partial charge in [-0.15, -0.1) is 0 Å². The highest BCUT2D eigenvalue weighted by atomic mass is 32.2. The van der Waals surface area contributed by atoms with Gasteiger partial charge in [-0.25, -0.2) is 18.4 Å². The first kappa shape index (κ1) is 17.2. The summed E-state index contributed by atoms with van der Waals surface area (Å²) >= 11 is 0. The summed E-state index contributed by atoms with van der Waals surface area (Å²) in [4.78, 5) is 11.5. The van der Waals surface area contributed by atoms with Crippen LogP contribution in [-0.4, -0.2) is 38.8 Å². The summed E-state index contributed by atoms with van der Waals surface area (Å²) < 4.78 is 59.8. The summed E-state index contributed by atoms with van der Waals surface area (Å²) in [5.74, 6) is -1.55. The molecule has 1 rings (SSSR count). The number of carbonyl (C=O) groups is 1. The Hall–Kier alpha value is -1.81. The lowest BCUT2D eigenvalue weighted by Gasteiger charge is -2.26. The maximum Gasteiger partial charge on any atom is 0.405 e. The van der Waals surface area contributed by atoms with Gasteiger partial charge >= 0.3 is 12.1 Å². The van der Waals surface area contributed by atoms with Crippen LogP contribution in [0.1, 0.15) is 17.3 Å². The molecule has 6 nitrogen and oxygen atoms in total. The summed E-state index contributed by atoms with van der Waals surface area (Å²) in [7, 11) is -4.15. The molecule has 0 amide bonds. The van der Waals surface area contributed by atoms with Gasteiger partial charge in [0.1, 0.15) is 6.54 Å². The van der Waals surface area contributed by atoms with Crippen LogP contribution < -0.4 is 10.0 Å². The van der Waals surface area contributed by atoms with Gasteiger partial charge in [0.05, 0.1) is 16.1 Å². The predicted octanol–water partition coefficient (Wildman–Crippen LogP) is 1.42.